The average Bonchev–Trinajstić information content (AvgIpc) is 3.25. The van der Waals surface area contributed by atoms with Crippen LogP contribution in [0.3, 0.4) is 0 Å². The first kappa shape index (κ1) is 13.1. The van der Waals surface area contributed by atoms with Crippen LogP contribution in [-0.2, 0) is 7.05 Å². The third-order valence-electron chi connectivity index (χ3n) is 4.72. The van der Waals surface area contributed by atoms with E-state index in [9.17, 15) is 0 Å². The zero-order chi connectivity index (χ0) is 13.4. The molecule has 106 valence electrons. The molecule has 1 heterocycles. The van der Waals surface area contributed by atoms with Gasteiger partial charge in [0.1, 0.15) is 0 Å². The molecular weight excluding hydrogens is 236 g/mol. The van der Waals surface area contributed by atoms with Gasteiger partial charge >= 0.3 is 0 Å². The number of nitrogens with two attached hydrogens (primary N) is 1. The van der Waals surface area contributed by atoms with E-state index >= 15 is 0 Å². The van der Waals surface area contributed by atoms with Crippen LogP contribution < -0.4 is 11.1 Å². The lowest BCUT2D eigenvalue weighted by molar-refractivity contribution is 0.357. The summed E-state index contributed by atoms with van der Waals surface area (Å²) in [5, 5.41) is 8.13. The van der Waals surface area contributed by atoms with E-state index in [4.69, 9.17) is 5.73 Å². The molecule has 19 heavy (non-hydrogen) atoms. The number of hydrogen-bond acceptors (Lipinski definition) is 3. The van der Waals surface area contributed by atoms with E-state index in [1.54, 1.807) is 0 Å². The highest BCUT2D eigenvalue weighted by atomic mass is 15.3. The Labute approximate surface area is 115 Å². The normalized spacial score (nSPS) is 21.1. The van der Waals surface area contributed by atoms with Crippen molar-refractivity contribution in [3.63, 3.8) is 0 Å². The van der Waals surface area contributed by atoms with Crippen LogP contribution in [0.15, 0.2) is 6.20 Å². The lowest BCUT2D eigenvalue weighted by Crippen LogP contribution is -2.33. The molecule has 0 aliphatic heterocycles. The van der Waals surface area contributed by atoms with Gasteiger partial charge in [0.25, 0.3) is 0 Å². The summed E-state index contributed by atoms with van der Waals surface area (Å²) in [7, 11) is 1.97. The number of rotatable bonds is 7. The molecule has 1 unspecified atom stereocenters. The Balaban J connectivity index is 1.61. The van der Waals surface area contributed by atoms with Crippen molar-refractivity contribution >= 4 is 0 Å². The second-order valence-corrected chi connectivity index (χ2v) is 6.38. The topological polar surface area (TPSA) is 55.9 Å². The largest absolute Gasteiger partial charge is 0.329 e. The highest BCUT2D eigenvalue weighted by Crippen LogP contribution is 2.48. The molecule has 2 aliphatic carbocycles. The third kappa shape index (κ3) is 3.00. The summed E-state index contributed by atoms with van der Waals surface area (Å²) in [4.78, 5) is 0. The summed E-state index contributed by atoms with van der Waals surface area (Å²) in [6.07, 6.45) is 7.89. The molecule has 2 aliphatic rings. The van der Waals surface area contributed by atoms with Crippen molar-refractivity contribution in [2.45, 2.75) is 38.6 Å². The van der Waals surface area contributed by atoms with Gasteiger partial charge in [-0.25, -0.2) is 0 Å². The van der Waals surface area contributed by atoms with Gasteiger partial charge in [-0.3, -0.25) is 4.68 Å². The van der Waals surface area contributed by atoms with Gasteiger partial charge in [0.15, 0.2) is 0 Å². The molecule has 4 heteroatoms. The van der Waals surface area contributed by atoms with Crippen LogP contribution >= 0.6 is 0 Å². The predicted molar refractivity (Wildman–Crippen MR) is 76.7 cm³/mol. The SMILES string of the molecule is Cc1nn(C)cc1C(CN)NCC(C1CC1)C1CC1. The maximum Gasteiger partial charge on any atom is 0.0641 e. The molecule has 2 saturated carbocycles. The molecule has 4 nitrogen and oxygen atoms in total. The van der Waals surface area contributed by atoms with Crippen molar-refractivity contribution in [3.05, 3.63) is 17.5 Å². The zero-order valence-electron chi connectivity index (χ0n) is 12.1. The van der Waals surface area contributed by atoms with E-state index in [1.807, 2.05) is 11.7 Å². The molecule has 3 rings (SSSR count). The van der Waals surface area contributed by atoms with Gasteiger partial charge in [0.2, 0.25) is 0 Å². The molecule has 0 bridgehead atoms. The summed E-state index contributed by atoms with van der Waals surface area (Å²) in [5.41, 5.74) is 8.31. The first-order chi connectivity index (χ1) is 9.19. The highest BCUT2D eigenvalue weighted by molar-refractivity contribution is 5.20. The maximum absolute atomic E-state index is 5.95. The molecule has 0 amide bonds. The Bertz CT molecular complexity index is 419. The van der Waals surface area contributed by atoms with Crippen LogP contribution in [0.25, 0.3) is 0 Å². The molecule has 1 aromatic heterocycles. The van der Waals surface area contributed by atoms with Gasteiger partial charge in [-0.05, 0) is 56.9 Å². The van der Waals surface area contributed by atoms with E-state index in [2.05, 4.69) is 23.5 Å². The van der Waals surface area contributed by atoms with Crippen LogP contribution in [0.5, 0.6) is 0 Å². The maximum atomic E-state index is 5.95. The summed E-state index contributed by atoms with van der Waals surface area (Å²) in [6, 6.07) is 0.258. The minimum atomic E-state index is 0.258. The van der Waals surface area contributed by atoms with Crippen LogP contribution in [0.4, 0.5) is 0 Å². The van der Waals surface area contributed by atoms with Gasteiger partial charge in [0.05, 0.1) is 5.69 Å². The molecule has 1 aromatic rings. The fourth-order valence-corrected chi connectivity index (χ4v) is 3.33. The second kappa shape index (κ2) is 5.25. The lowest BCUT2D eigenvalue weighted by atomic mass is 9.97. The summed E-state index contributed by atoms with van der Waals surface area (Å²) in [6.45, 7) is 3.85. The van der Waals surface area contributed by atoms with Crippen molar-refractivity contribution < 1.29 is 0 Å². The number of aryl methyl sites for hydroxylation is 2. The van der Waals surface area contributed by atoms with Crippen molar-refractivity contribution in [3.8, 4) is 0 Å². The molecule has 0 spiro atoms. The minimum Gasteiger partial charge on any atom is -0.329 e. The number of aromatic nitrogens is 2. The summed E-state index contributed by atoms with van der Waals surface area (Å²) in [5.74, 6) is 2.88. The van der Waals surface area contributed by atoms with Crippen molar-refractivity contribution in [1.82, 2.24) is 15.1 Å². The van der Waals surface area contributed by atoms with Gasteiger partial charge < -0.3 is 11.1 Å². The third-order valence-corrected chi connectivity index (χ3v) is 4.72. The van der Waals surface area contributed by atoms with E-state index in [0.717, 1.165) is 30.0 Å². The van der Waals surface area contributed by atoms with Gasteiger partial charge in [-0.15, -0.1) is 0 Å². The smallest absolute Gasteiger partial charge is 0.0641 e. The molecule has 0 saturated heterocycles. The van der Waals surface area contributed by atoms with Crippen molar-refractivity contribution in [1.29, 1.82) is 0 Å². The fourth-order valence-electron chi connectivity index (χ4n) is 3.33. The Kier molecular flexibility index (Phi) is 3.63. The quantitative estimate of drug-likeness (QED) is 0.787. The molecule has 3 N–H and O–H groups in total. The summed E-state index contributed by atoms with van der Waals surface area (Å²) >= 11 is 0. The van der Waals surface area contributed by atoms with Gasteiger partial charge in [-0.1, -0.05) is 0 Å². The van der Waals surface area contributed by atoms with Crippen LogP contribution in [0, 0.1) is 24.7 Å². The molecule has 0 radical (unpaired) electrons. The van der Waals surface area contributed by atoms with Crippen LogP contribution in [0.1, 0.15) is 43.0 Å². The Morgan fingerprint density at radius 3 is 2.42 bits per heavy atom. The fraction of sp³-hybridized carbons (Fsp3) is 0.800. The molecule has 2 fully saturated rings. The first-order valence-corrected chi connectivity index (χ1v) is 7.62. The Morgan fingerprint density at radius 2 is 2.00 bits per heavy atom. The van der Waals surface area contributed by atoms with Gasteiger partial charge in [0, 0.05) is 31.4 Å². The standard InChI is InChI=1S/C15H26N4/c1-10-14(9-19(2)18-10)15(7-16)17-8-13(11-3-4-11)12-5-6-12/h9,11-13,15,17H,3-8,16H2,1-2H3. The van der Waals surface area contributed by atoms with E-state index < -0.39 is 0 Å². The monoisotopic (exact) mass is 262 g/mol. The van der Waals surface area contributed by atoms with Crippen LogP contribution in [0.2, 0.25) is 0 Å². The molecule has 1 atom stereocenters. The second-order valence-electron chi connectivity index (χ2n) is 6.38. The van der Waals surface area contributed by atoms with E-state index in [0.29, 0.717) is 6.54 Å². The molecule has 0 aromatic carbocycles. The zero-order valence-corrected chi connectivity index (χ0v) is 12.1. The number of hydrogen-bond donors (Lipinski definition) is 2. The predicted octanol–water partition coefficient (Wildman–Crippen LogP) is 1.75. The average molecular weight is 262 g/mol. The first-order valence-electron chi connectivity index (χ1n) is 7.62. The molecular formula is C15H26N4. The number of nitrogens with zero attached hydrogens (tertiary/aromatic N) is 2. The van der Waals surface area contributed by atoms with Crippen molar-refractivity contribution in [2.75, 3.05) is 13.1 Å². The Morgan fingerprint density at radius 1 is 1.37 bits per heavy atom. The summed E-state index contributed by atoms with van der Waals surface area (Å²) < 4.78 is 1.88. The number of nitrogens with one attached hydrogen (secondary N) is 1. The van der Waals surface area contributed by atoms with Crippen LogP contribution in [-0.4, -0.2) is 22.9 Å². The van der Waals surface area contributed by atoms with Crippen molar-refractivity contribution in [2.24, 2.45) is 30.5 Å². The lowest BCUT2D eigenvalue weighted by Gasteiger charge is -2.22. The highest BCUT2D eigenvalue weighted by Gasteiger charge is 2.41. The minimum absolute atomic E-state index is 0.258. The van der Waals surface area contributed by atoms with E-state index in [1.165, 1.54) is 31.2 Å². The van der Waals surface area contributed by atoms with Gasteiger partial charge in [-0.2, -0.15) is 5.10 Å². The Hall–Kier alpha value is -0.870. The van der Waals surface area contributed by atoms with E-state index in [-0.39, 0.29) is 6.04 Å².